The highest BCUT2D eigenvalue weighted by molar-refractivity contribution is 9.11. The molecule has 0 fully saturated rings. The van der Waals surface area contributed by atoms with Gasteiger partial charge >= 0.3 is 5.97 Å². The third-order valence-corrected chi connectivity index (χ3v) is 6.88. The third kappa shape index (κ3) is 2.63. The summed E-state index contributed by atoms with van der Waals surface area (Å²) < 4.78 is 10.9. The van der Waals surface area contributed by atoms with Gasteiger partial charge in [-0.2, -0.15) is 0 Å². The number of rotatable bonds is 2. The van der Waals surface area contributed by atoms with Gasteiger partial charge in [-0.25, -0.2) is 4.79 Å². The van der Waals surface area contributed by atoms with Crippen molar-refractivity contribution in [2.75, 3.05) is 0 Å². The number of benzene rings is 3. The molecule has 0 bridgehead atoms. The summed E-state index contributed by atoms with van der Waals surface area (Å²) in [5.74, 6) is -3.27. The molecule has 0 unspecified atom stereocenters. The predicted molar refractivity (Wildman–Crippen MR) is 112 cm³/mol. The zero-order chi connectivity index (χ0) is 23.8. The van der Waals surface area contributed by atoms with Crippen LogP contribution in [0, 0.1) is 20.2 Å². The van der Waals surface area contributed by atoms with E-state index >= 15 is 0 Å². The molecular formula is C20H6Br2N2O9-2. The highest BCUT2D eigenvalue weighted by Gasteiger charge is 2.55. The van der Waals surface area contributed by atoms with Gasteiger partial charge in [0.2, 0.25) is 0 Å². The van der Waals surface area contributed by atoms with Gasteiger partial charge in [-0.1, -0.05) is 18.2 Å². The summed E-state index contributed by atoms with van der Waals surface area (Å²) >= 11 is 6.04. The first-order valence-electron chi connectivity index (χ1n) is 8.97. The fraction of sp³-hybridized carbons (Fsp3) is 0.0500. The van der Waals surface area contributed by atoms with E-state index in [1.807, 2.05) is 0 Å². The Bertz CT molecular complexity index is 1380. The van der Waals surface area contributed by atoms with Crippen LogP contribution >= 0.6 is 31.9 Å². The molecule has 0 aromatic heterocycles. The molecule has 3 aromatic rings. The largest absolute Gasteiger partial charge is 0.867 e. The molecule has 2 heterocycles. The molecule has 0 N–H and O–H groups in total. The van der Waals surface area contributed by atoms with E-state index < -0.39 is 44.3 Å². The third-order valence-electron chi connectivity index (χ3n) is 5.44. The molecule has 11 nitrogen and oxygen atoms in total. The van der Waals surface area contributed by atoms with Crippen LogP contribution < -0.4 is 14.9 Å². The molecule has 5 rings (SSSR count). The standard InChI is InChI=1S/C20H8Br2N2O9/c21-13-15(25)11(23(28)29)5-9-17(13)32-18-10(6-12(24(30)31)16(26)14(18)22)20(9)8-4-2-1-3-7(8)19(27)33-20/h1-6,25-26H/p-2. The van der Waals surface area contributed by atoms with Crippen molar-refractivity contribution in [2.24, 2.45) is 0 Å². The van der Waals surface area contributed by atoms with E-state index in [1.165, 1.54) is 12.1 Å². The Kier molecular flexibility index (Phi) is 4.42. The molecule has 13 heteroatoms. The molecular weight excluding hydrogens is 572 g/mol. The lowest BCUT2D eigenvalue weighted by molar-refractivity contribution is -0.398. The maximum absolute atomic E-state index is 12.8. The Hall–Kier alpha value is -3.71. The highest BCUT2D eigenvalue weighted by Crippen LogP contribution is 2.62. The summed E-state index contributed by atoms with van der Waals surface area (Å²) in [6.45, 7) is 0. The minimum Gasteiger partial charge on any atom is -0.867 e. The Morgan fingerprint density at radius 1 is 0.818 bits per heavy atom. The van der Waals surface area contributed by atoms with E-state index in [0.29, 0.717) is 0 Å². The monoisotopic (exact) mass is 576 g/mol. The number of ether oxygens (including phenoxy) is 2. The summed E-state index contributed by atoms with van der Waals surface area (Å²) in [7, 11) is 0. The van der Waals surface area contributed by atoms with E-state index in [9.17, 15) is 35.2 Å². The van der Waals surface area contributed by atoms with Crippen molar-refractivity contribution in [3.63, 3.8) is 0 Å². The predicted octanol–water partition coefficient (Wildman–Crippen LogP) is 3.74. The van der Waals surface area contributed by atoms with Gasteiger partial charge in [-0.3, -0.25) is 20.2 Å². The number of carbonyl (C=O) groups excluding carboxylic acids is 1. The van der Waals surface area contributed by atoms with Crippen molar-refractivity contribution in [2.45, 2.75) is 5.60 Å². The van der Waals surface area contributed by atoms with Gasteiger partial charge in [0, 0.05) is 17.7 Å². The maximum Gasteiger partial charge on any atom is 0.340 e. The topological polar surface area (TPSA) is 168 Å². The molecule has 0 amide bonds. The zero-order valence-corrected chi connectivity index (χ0v) is 19.0. The van der Waals surface area contributed by atoms with E-state index in [1.54, 1.807) is 12.1 Å². The second-order valence-electron chi connectivity index (χ2n) is 7.06. The number of nitro groups is 2. The van der Waals surface area contributed by atoms with Gasteiger partial charge in [0.15, 0.2) is 5.60 Å². The number of carbonyl (C=O) groups is 1. The molecule has 2 aliphatic rings. The number of hydrogen-bond donors (Lipinski definition) is 0. The van der Waals surface area contributed by atoms with Crippen LogP contribution in [0.2, 0.25) is 0 Å². The van der Waals surface area contributed by atoms with E-state index in [4.69, 9.17) is 9.47 Å². The van der Waals surface area contributed by atoms with Gasteiger partial charge in [-0.05, 0) is 49.4 Å². The average Bonchev–Trinajstić information content (AvgIpc) is 3.07. The van der Waals surface area contributed by atoms with Crippen LogP contribution in [0.4, 0.5) is 11.4 Å². The second kappa shape index (κ2) is 6.89. The molecule has 3 aromatic carbocycles. The van der Waals surface area contributed by atoms with Crippen LogP contribution in [-0.4, -0.2) is 15.8 Å². The quantitative estimate of drug-likeness (QED) is 0.250. The molecule has 0 radical (unpaired) electrons. The van der Waals surface area contributed by atoms with Crippen molar-refractivity contribution in [1.29, 1.82) is 0 Å². The zero-order valence-electron chi connectivity index (χ0n) is 15.8. The lowest BCUT2D eigenvalue weighted by Crippen LogP contribution is -2.34. The smallest absolute Gasteiger partial charge is 0.340 e. The van der Waals surface area contributed by atoms with Gasteiger partial charge < -0.3 is 19.7 Å². The number of halogens is 2. The summed E-state index contributed by atoms with van der Waals surface area (Å²) in [5.41, 5.74) is -3.52. The maximum atomic E-state index is 12.8. The van der Waals surface area contributed by atoms with Crippen LogP contribution in [-0.2, 0) is 10.3 Å². The second-order valence-corrected chi connectivity index (χ2v) is 8.65. The highest BCUT2D eigenvalue weighted by atomic mass is 79.9. The Morgan fingerprint density at radius 2 is 1.30 bits per heavy atom. The van der Waals surface area contributed by atoms with E-state index in [2.05, 4.69) is 31.9 Å². The number of esters is 1. The van der Waals surface area contributed by atoms with E-state index in [0.717, 1.165) is 12.1 Å². The lowest BCUT2D eigenvalue weighted by atomic mass is 9.77. The minimum atomic E-state index is -1.96. The van der Waals surface area contributed by atoms with Crippen LogP contribution in [0.15, 0.2) is 45.3 Å². The van der Waals surface area contributed by atoms with Gasteiger partial charge in [0.25, 0.3) is 11.4 Å². The van der Waals surface area contributed by atoms with Gasteiger partial charge in [0.1, 0.15) is 11.5 Å². The van der Waals surface area contributed by atoms with Crippen molar-refractivity contribution in [3.05, 3.63) is 87.8 Å². The Labute approximate surface area is 199 Å². The molecule has 1 spiro atoms. The van der Waals surface area contributed by atoms with Gasteiger partial charge in [-0.15, -0.1) is 0 Å². The van der Waals surface area contributed by atoms with Crippen LogP contribution in [0.5, 0.6) is 23.0 Å². The molecule has 0 atom stereocenters. The van der Waals surface area contributed by atoms with Crippen LogP contribution in [0.1, 0.15) is 27.0 Å². The molecule has 166 valence electrons. The van der Waals surface area contributed by atoms with Crippen molar-refractivity contribution in [1.82, 2.24) is 0 Å². The van der Waals surface area contributed by atoms with Crippen LogP contribution in [0.25, 0.3) is 0 Å². The summed E-state index contributed by atoms with van der Waals surface area (Å²) in [6.07, 6.45) is 0. The van der Waals surface area contributed by atoms with Crippen molar-refractivity contribution >= 4 is 49.2 Å². The molecule has 2 aliphatic heterocycles. The number of fused-ring (bicyclic) bond motifs is 6. The SMILES string of the molecule is O=C1OC2(c3ccccc31)c1cc([N+](=O)[O-])c([O-])c(Br)c1Oc1c2cc([N+](=O)[O-])c([O-])c1Br. The van der Waals surface area contributed by atoms with E-state index in [-0.39, 0.29) is 42.7 Å². The normalized spacial score (nSPS) is 14.7. The molecule has 0 saturated carbocycles. The summed E-state index contributed by atoms with van der Waals surface area (Å²) in [5, 5.41) is 48.2. The number of nitrogens with zero attached hydrogens (tertiary/aromatic N) is 2. The summed E-state index contributed by atoms with van der Waals surface area (Å²) in [6, 6.07) is 7.93. The lowest BCUT2D eigenvalue weighted by Gasteiger charge is -2.38. The summed E-state index contributed by atoms with van der Waals surface area (Å²) in [4.78, 5) is 34.1. The first kappa shape index (κ1) is 21.2. The minimum absolute atomic E-state index is 0.103. The number of nitro benzene ring substituents is 2. The molecule has 0 saturated heterocycles. The Balaban J connectivity index is 2.00. The van der Waals surface area contributed by atoms with Crippen molar-refractivity contribution in [3.8, 4) is 23.0 Å². The average molecular weight is 578 g/mol. The fourth-order valence-corrected chi connectivity index (χ4v) is 5.06. The number of hydrogen-bond acceptors (Lipinski definition) is 9. The van der Waals surface area contributed by atoms with Gasteiger partial charge in [0.05, 0.1) is 35.5 Å². The first-order chi connectivity index (χ1) is 15.6. The Morgan fingerprint density at radius 3 is 1.79 bits per heavy atom. The molecule has 0 aliphatic carbocycles. The van der Waals surface area contributed by atoms with Crippen LogP contribution in [0.3, 0.4) is 0 Å². The first-order valence-corrected chi connectivity index (χ1v) is 10.6. The fourth-order valence-electron chi connectivity index (χ4n) is 4.06. The van der Waals surface area contributed by atoms with Crippen molar-refractivity contribution < 1.29 is 34.3 Å². The molecule has 33 heavy (non-hydrogen) atoms.